The summed E-state index contributed by atoms with van der Waals surface area (Å²) in [6.07, 6.45) is 2.39. The number of rotatable bonds is 8. The van der Waals surface area contributed by atoms with Crippen LogP contribution in [0.2, 0.25) is 0 Å². The second-order valence-corrected chi connectivity index (χ2v) is 15.2. The lowest BCUT2D eigenvalue weighted by Crippen LogP contribution is -2.47. The summed E-state index contributed by atoms with van der Waals surface area (Å²) in [5, 5.41) is 0. The molecule has 4 aromatic rings. The van der Waals surface area contributed by atoms with Gasteiger partial charge in [0.15, 0.2) is 0 Å². The van der Waals surface area contributed by atoms with Crippen LogP contribution in [0.1, 0.15) is 30.0 Å². The maximum atomic E-state index is 14.5. The first-order valence-corrected chi connectivity index (χ1v) is 18.1. The minimum Gasteiger partial charge on any atom is -0.367 e. The van der Waals surface area contributed by atoms with Gasteiger partial charge in [-0.3, -0.25) is 4.72 Å². The van der Waals surface area contributed by atoms with Crippen molar-refractivity contribution in [3.63, 3.8) is 0 Å². The van der Waals surface area contributed by atoms with E-state index in [-0.39, 0.29) is 21.3 Å². The number of aryl methyl sites for hydroxylation is 1. The number of anilines is 3. The fourth-order valence-electron chi connectivity index (χ4n) is 5.91. The van der Waals surface area contributed by atoms with Crippen molar-refractivity contribution in [1.82, 2.24) is 4.72 Å². The Morgan fingerprint density at radius 3 is 2.14 bits per heavy atom. The predicted octanol–water partition coefficient (Wildman–Crippen LogP) is 6.07. The minimum absolute atomic E-state index is 0.0177. The van der Waals surface area contributed by atoms with Gasteiger partial charge in [0.2, 0.25) is 10.0 Å². The Morgan fingerprint density at radius 2 is 1.41 bits per heavy atom. The average molecular weight is 700 g/mol. The Kier molecular flexibility index (Phi) is 8.69. The van der Waals surface area contributed by atoms with E-state index in [1.54, 1.807) is 42.5 Å². The normalized spacial score (nSPS) is 17.3. The number of nitrogens with zero attached hydrogens (tertiary/aromatic N) is 2. The van der Waals surface area contributed by atoms with Crippen LogP contribution in [0.4, 0.5) is 21.5 Å². The molecule has 6 rings (SSSR count). The van der Waals surface area contributed by atoms with E-state index < -0.39 is 26.1 Å². The second kappa shape index (κ2) is 12.5. The van der Waals surface area contributed by atoms with Gasteiger partial charge in [0.1, 0.15) is 10.7 Å². The second-order valence-electron chi connectivity index (χ2n) is 10.9. The molecule has 0 radical (unpaired) electrons. The molecule has 12 heteroatoms. The molecular weight excluding hydrogens is 667 g/mol. The molecule has 2 aliphatic rings. The smallest absolute Gasteiger partial charge is 0.261 e. The molecule has 1 atom stereocenters. The molecule has 0 bridgehead atoms. The lowest BCUT2D eigenvalue weighted by molar-refractivity contribution is 0.507. The Bertz CT molecular complexity index is 1880. The molecule has 0 aromatic heterocycles. The number of para-hydroxylation sites is 1. The first-order chi connectivity index (χ1) is 21.1. The molecule has 1 fully saturated rings. The molecule has 0 saturated carbocycles. The van der Waals surface area contributed by atoms with Gasteiger partial charge in [0, 0.05) is 36.7 Å². The number of sulfonamides is 2. The Balaban J connectivity index is 1.33. The quantitative estimate of drug-likeness (QED) is 0.232. The molecule has 44 heavy (non-hydrogen) atoms. The molecule has 1 unspecified atom stereocenters. The molecule has 230 valence electrons. The number of benzene rings is 4. The number of piperazine rings is 1. The molecule has 0 spiro atoms. The number of halogens is 2. The molecule has 8 nitrogen and oxygen atoms in total. The number of nitrogens with one attached hydrogen (secondary N) is 2. The van der Waals surface area contributed by atoms with Crippen molar-refractivity contribution in [1.29, 1.82) is 0 Å². The third-order valence-corrected chi connectivity index (χ3v) is 11.5. The molecular formula is C32H32BrFN4O4S2. The van der Waals surface area contributed by atoms with Crippen molar-refractivity contribution in [3.05, 3.63) is 112 Å². The van der Waals surface area contributed by atoms with Gasteiger partial charge in [-0.05, 0) is 85.0 Å². The summed E-state index contributed by atoms with van der Waals surface area (Å²) in [7, 11) is -8.09. The van der Waals surface area contributed by atoms with E-state index in [1.165, 1.54) is 24.3 Å². The number of fused-ring (bicyclic) bond motifs is 1. The lowest BCUT2D eigenvalue weighted by atomic mass is 9.88. The largest absolute Gasteiger partial charge is 0.367 e. The Labute approximate surface area is 266 Å². The van der Waals surface area contributed by atoms with Gasteiger partial charge in [-0.2, -0.15) is 0 Å². The van der Waals surface area contributed by atoms with Crippen molar-refractivity contribution in [2.24, 2.45) is 0 Å². The van der Waals surface area contributed by atoms with Crippen LogP contribution < -0.4 is 19.2 Å². The topological polar surface area (TPSA) is 98.8 Å². The van der Waals surface area contributed by atoms with Gasteiger partial charge in [-0.1, -0.05) is 52.3 Å². The van der Waals surface area contributed by atoms with Gasteiger partial charge in [0.05, 0.1) is 22.0 Å². The highest BCUT2D eigenvalue weighted by Gasteiger charge is 2.30. The minimum atomic E-state index is -4.11. The summed E-state index contributed by atoms with van der Waals surface area (Å²) in [6, 6.07) is 24.8. The molecule has 0 amide bonds. The van der Waals surface area contributed by atoms with E-state index in [1.807, 2.05) is 34.1 Å². The molecule has 1 saturated heterocycles. The fraction of sp³-hybridized carbons (Fsp3) is 0.250. The maximum Gasteiger partial charge on any atom is 0.261 e. The van der Waals surface area contributed by atoms with Crippen molar-refractivity contribution >= 4 is 53.0 Å². The fourth-order valence-corrected chi connectivity index (χ4v) is 8.72. The zero-order valence-corrected chi connectivity index (χ0v) is 27.0. The van der Waals surface area contributed by atoms with Gasteiger partial charge in [-0.15, -0.1) is 0 Å². The highest BCUT2D eigenvalue weighted by Crippen LogP contribution is 2.35. The van der Waals surface area contributed by atoms with Crippen molar-refractivity contribution in [2.45, 2.75) is 35.1 Å². The SMILES string of the molecule is O=S(=O)(Nc1ccc(N2CCN(c3ccccc3F)CC2)c(S(=O)(=O)NC2CCCc3ccccc32)c1)c1ccc(Br)cc1. The zero-order chi connectivity index (χ0) is 30.9. The highest BCUT2D eigenvalue weighted by molar-refractivity contribution is 9.10. The lowest BCUT2D eigenvalue weighted by Gasteiger charge is -2.38. The summed E-state index contributed by atoms with van der Waals surface area (Å²) >= 11 is 3.31. The van der Waals surface area contributed by atoms with Crippen LogP contribution in [0.3, 0.4) is 0 Å². The third kappa shape index (κ3) is 6.49. The molecule has 1 aliphatic heterocycles. The summed E-state index contributed by atoms with van der Waals surface area (Å²) in [5.74, 6) is -0.302. The molecule has 1 aliphatic carbocycles. The van der Waals surface area contributed by atoms with Crippen LogP contribution in [-0.4, -0.2) is 43.0 Å². The summed E-state index contributed by atoms with van der Waals surface area (Å²) in [4.78, 5) is 3.93. The number of hydrogen-bond acceptors (Lipinski definition) is 6. The third-order valence-electron chi connectivity index (χ3n) is 8.11. The Morgan fingerprint density at radius 1 is 0.750 bits per heavy atom. The van der Waals surface area contributed by atoms with E-state index in [0.29, 0.717) is 44.0 Å². The first kappa shape index (κ1) is 30.6. The number of hydrogen-bond donors (Lipinski definition) is 2. The van der Waals surface area contributed by atoms with Gasteiger partial charge in [-0.25, -0.2) is 25.9 Å². The van der Waals surface area contributed by atoms with Crippen LogP contribution in [-0.2, 0) is 26.5 Å². The monoisotopic (exact) mass is 698 g/mol. The van der Waals surface area contributed by atoms with E-state index >= 15 is 0 Å². The first-order valence-electron chi connectivity index (χ1n) is 14.4. The summed E-state index contributed by atoms with van der Waals surface area (Å²) in [6.45, 7) is 1.88. The van der Waals surface area contributed by atoms with Crippen molar-refractivity contribution < 1.29 is 21.2 Å². The molecule has 2 N–H and O–H groups in total. The summed E-state index contributed by atoms with van der Waals surface area (Å²) < 4.78 is 75.3. The average Bonchev–Trinajstić information content (AvgIpc) is 3.01. The summed E-state index contributed by atoms with van der Waals surface area (Å²) in [5.41, 5.74) is 3.17. The van der Waals surface area contributed by atoms with Crippen molar-refractivity contribution in [3.8, 4) is 0 Å². The van der Waals surface area contributed by atoms with E-state index in [0.717, 1.165) is 28.4 Å². The Hall–Kier alpha value is -3.45. The van der Waals surface area contributed by atoms with E-state index in [4.69, 9.17) is 0 Å². The van der Waals surface area contributed by atoms with E-state index in [9.17, 15) is 21.2 Å². The van der Waals surface area contributed by atoms with Gasteiger partial charge in [0.25, 0.3) is 10.0 Å². The van der Waals surface area contributed by atoms with E-state index in [2.05, 4.69) is 25.4 Å². The van der Waals surface area contributed by atoms with Gasteiger partial charge >= 0.3 is 0 Å². The van der Waals surface area contributed by atoms with Crippen LogP contribution >= 0.6 is 15.9 Å². The molecule has 1 heterocycles. The maximum absolute atomic E-state index is 14.5. The molecule has 4 aromatic carbocycles. The van der Waals surface area contributed by atoms with Gasteiger partial charge < -0.3 is 9.80 Å². The van der Waals surface area contributed by atoms with Crippen LogP contribution in [0.5, 0.6) is 0 Å². The predicted molar refractivity (Wildman–Crippen MR) is 175 cm³/mol. The van der Waals surface area contributed by atoms with Crippen LogP contribution in [0, 0.1) is 5.82 Å². The highest BCUT2D eigenvalue weighted by atomic mass is 79.9. The zero-order valence-electron chi connectivity index (χ0n) is 23.8. The van der Waals surface area contributed by atoms with Crippen LogP contribution in [0.15, 0.2) is 105 Å². The van der Waals surface area contributed by atoms with Crippen molar-refractivity contribution in [2.75, 3.05) is 40.7 Å². The standard InChI is InChI=1S/C32H32BrFN4O4S2/c33-24-12-15-26(16-13-24)43(39,40)35-25-14-17-31(38-20-18-37(19-21-38)30-11-4-3-9-28(30)34)32(22-25)44(41,42)36-29-10-5-7-23-6-1-2-8-27(23)29/h1-4,6,8-9,11-17,22,29,35-36H,5,7,10,18-21H2. The van der Waals surface area contributed by atoms with Crippen LogP contribution in [0.25, 0.3) is 0 Å².